The molecule has 0 bridgehead atoms. The van der Waals surface area contributed by atoms with Crippen molar-refractivity contribution in [3.05, 3.63) is 54.1 Å². The van der Waals surface area contributed by atoms with Crippen molar-refractivity contribution < 1.29 is 14.3 Å². The van der Waals surface area contributed by atoms with E-state index in [1.165, 1.54) is 6.21 Å². The first-order valence-corrected chi connectivity index (χ1v) is 7.19. The number of carbonyl (C=O) groups is 1. The van der Waals surface area contributed by atoms with Crippen LogP contribution < -0.4 is 20.2 Å². The minimum Gasteiger partial charge on any atom is -0.493 e. The SMILES string of the molecule is CCOc1ccc(/C=N\NC(=O)Nc2ccccc2)cc1OC. The summed E-state index contributed by atoms with van der Waals surface area (Å²) in [5, 5.41) is 6.57. The Morgan fingerprint density at radius 2 is 1.96 bits per heavy atom. The third kappa shape index (κ3) is 5.03. The summed E-state index contributed by atoms with van der Waals surface area (Å²) in [5.74, 6) is 1.28. The molecule has 0 spiro atoms. The molecule has 0 saturated heterocycles. The fourth-order valence-corrected chi connectivity index (χ4v) is 1.89. The maximum Gasteiger partial charge on any atom is 0.339 e. The van der Waals surface area contributed by atoms with Gasteiger partial charge >= 0.3 is 6.03 Å². The number of amides is 2. The van der Waals surface area contributed by atoms with Crippen LogP contribution in [-0.4, -0.2) is 26.0 Å². The molecule has 0 unspecified atom stereocenters. The van der Waals surface area contributed by atoms with Crippen LogP contribution in [0.2, 0.25) is 0 Å². The molecule has 0 radical (unpaired) electrons. The van der Waals surface area contributed by atoms with Gasteiger partial charge < -0.3 is 14.8 Å². The number of hydrogen-bond donors (Lipinski definition) is 2. The summed E-state index contributed by atoms with van der Waals surface area (Å²) in [6.07, 6.45) is 1.53. The summed E-state index contributed by atoms with van der Waals surface area (Å²) in [6.45, 7) is 2.47. The summed E-state index contributed by atoms with van der Waals surface area (Å²) < 4.78 is 10.7. The third-order valence-corrected chi connectivity index (χ3v) is 2.90. The standard InChI is InChI=1S/C17H19N3O3/c1-3-23-15-10-9-13(11-16(15)22-2)12-18-20-17(21)19-14-7-5-4-6-8-14/h4-12H,3H2,1-2H3,(H2,19,20,21)/b18-12-. The van der Waals surface area contributed by atoms with Crippen molar-refractivity contribution in [2.45, 2.75) is 6.92 Å². The van der Waals surface area contributed by atoms with Gasteiger partial charge in [-0.15, -0.1) is 0 Å². The number of hydrazone groups is 1. The highest BCUT2D eigenvalue weighted by molar-refractivity contribution is 5.90. The number of para-hydroxylation sites is 1. The summed E-state index contributed by atoms with van der Waals surface area (Å²) in [4.78, 5) is 11.7. The zero-order chi connectivity index (χ0) is 16.5. The van der Waals surface area contributed by atoms with Crippen LogP contribution in [0.1, 0.15) is 12.5 Å². The van der Waals surface area contributed by atoms with Crippen molar-refractivity contribution >= 4 is 17.9 Å². The van der Waals surface area contributed by atoms with Gasteiger partial charge in [0.05, 0.1) is 19.9 Å². The Morgan fingerprint density at radius 1 is 1.17 bits per heavy atom. The van der Waals surface area contributed by atoms with E-state index in [9.17, 15) is 4.79 Å². The van der Waals surface area contributed by atoms with Crippen molar-refractivity contribution in [3.8, 4) is 11.5 Å². The van der Waals surface area contributed by atoms with Gasteiger partial charge in [-0.1, -0.05) is 18.2 Å². The van der Waals surface area contributed by atoms with E-state index in [2.05, 4.69) is 15.8 Å². The molecule has 0 saturated carbocycles. The number of anilines is 1. The second-order valence-electron chi connectivity index (χ2n) is 4.53. The molecule has 0 aliphatic heterocycles. The lowest BCUT2D eigenvalue weighted by atomic mass is 10.2. The van der Waals surface area contributed by atoms with Crippen LogP contribution >= 0.6 is 0 Å². The second-order valence-corrected chi connectivity index (χ2v) is 4.53. The summed E-state index contributed by atoms with van der Waals surface area (Å²) in [6, 6.07) is 14.1. The first-order valence-electron chi connectivity index (χ1n) is 7.19. The molecular weight excluding hydrogens is 294 g/mol. The lowest BCUT2D eigenvalue weighted by molar-refractivity contribution is 0.252. The first kappa shape index (κ1) is 16.4. The van der Waals surface area contributed by atoms with Crippen molar-refractivity contribution in [1.82, 2.24) is 5.43 Å². The molecule has 6 heteroatoms. The van der Waals surface area contributed by atoms with E-state index in [1.54, 1.807) is 31.4 Å². The largest absolute Gasteiger partial charge is 0.493 e. The zero-order valence-electron chi connectivity index (χ0n) is 13.1. The molecule has 120 valence electrons. The van der Waals surface area contributed by atoms with Gasteiger partial charge in [0.1, 0.15) is 0 Å². The van der Waals surface area contributed by atoms with Gasteiger partial charge in [0.15, 0.2) is 11.5 Å². The number of methoxy groups -OCH3 is 1. The average Bonchev–Trinajstić information content (AvgIpc) is 2.57. The molecule has 2 N–H and O–H groups in total. The Morgan fingerprint density at radius 3 is 2.65 bits per heavy atom. The number of rotatable bonds is 6. The van der Waals surface area contributed by atoms with E-state index in [4.69, 9.17) is 9.47 Å². The Hall–Kier alpha value is -3.02. The van der Waals surface area contributed by atoms with E-state index in [0.717, 1.165) is 5.56 Å². The molecule has 0 fully saturated rings. The van der Waals surface area contributed by atoms with E-state index >= 15 is 0 Å². The van der Waals surface area contributed by atoms with E-state index in [0.29, 0.717) is 23.8 Å². The minimum atomic E-state index is -0.412. The number of ether oxygens (including phenoxy) is 2. The van der Waals surface area contributed by atoms with Gasteiger partial charge in [-0.3, -0.25) is 0 Å². The summed E-state index contributed by atoms with van der Waals surface area (Å²) in [5.41, 5.74) is 3.88. The monoisotopic (exact) mass is 313 g/mol. The number of nitrogens with zero attached hydrogens (tertiary/aromatic N) is 1. The molecule has 0 aliphatic rings. The van der Waals surface area contributed by atoms with Gasteiger partial charge in [0.2, 0.25) is 0 Å². The predicted octanol–water partition coefficient (Wildman–Crippen LogP) is 3.25. The number of urea groups is 1. The highest BCUT2D eigenvalue weighted by atomic mass is 16.5. The van der Waals surface area contributed by atoms with Crippen LogP contribution in [0.4, 0.5) is 10.5 Å². The minimum absolute atomic E-state index is 0.412. The van der Waals surface area contributed by atoms with Gasteiger partial charge in [0, 0.05) is 5.69 Å². The van der Waals surface area contributed by atoms with Crippen molar-refractivity contribution in [3.63, 3.8) is 0 Å². The first-order chi connectivity index (χ1) is 11.2. The molecular formula is C17H19N3O3. The van der Waals surface area contributed by atoms with Gasteiger partial charge in [-0.05, 0) is 42.8 Å². The molecule has 2 rings (SSSR count). The van der Waals surface area contributed by atoms with Crippen LogP contribution in [0.5, 0.6) is 11.5 Å². The number of nitrogens with one attached hydrogen (secondary N) is 2. The third-order valence-electron chi connectivity index (χ3n) is 2.90. The Balaban J connectivity index is 1.93. The van der Waals surface area contributed by atoms with Crippen molar-refractivity contribution in [2.75, 3.05) is 19.0 Å². The molecule has 0 heterocycles. The molecule has 2 amide bonds. The smallest absolute Gasteiger partial charge is 0.339 e. The van der Waals surface area contributed by atoms with Crippen LogP contribution in [0.3, 0.4) is 0 Å². The van der Waals surface area contributed by atoms with Crippen LogP contribution in [0.25, 0.3) is 0 Å². The summed E-state index contributed by atoms with van der Waals surface area (Å²) in [7, 11) is 1.57. The van der Waals surface area contributed by atoms with Gasteiger partial charge in [0.25, 0.3) is 0 Å². The maximum atomic E-state index is 11.7. The molecule has 2 aromatic carbocycles. The van der Waals surface area contributed by atoms with Gasteiger partial charge in [-0.2, -0.15) is 5.10 Å². The lowest BCUT2D eigenvalue weighted by Crippen LogP contribution is -2.24. The fraction of sp³-hybridized carbons (Fsp3) is 0.176. The Kier molecular flexibility index (Phi) is 5.99. The van der Waals surface area contributed by atoms with Crippen LogP contribution in [0, 0.1) is 0 Å². The van der Waals surface area contributed by atoms with E-state index < -0.39 is 6.03 Å². The fourth-order valence-electron chi connectivity index (χ4n) is 1.89. The Bertz CT molecular complexity index is 672. The van der Waals surface area contributed by atoms with Crippen molar-refractivity contribution in [2.24, 2.45) is 5.10 Å². The topological polar surface area (TPSA) is 72.0 Å². The van der Waals surface area contributed by atoms with Crippen LogP contribution in [-0.2, 0) is 0 Å². The number of hydrogen-bond acceptors (Lipinski definition) is 4. The molecule has 0 aliphatic carbocycles. The normalized spacial score (nSPS) is 10.3. The zero-order valence-corrected chi connectivity index (χ0v) is 13.1. The number of benzene rings is 2. The van der Waals surface area contributed by atoms with Gasteiger partial charge in [-0.25, -0.2) is 10.2 Å². The maximum absolute atomic E-state index is 11.7. The summed E-state index contributed by atoms with van der Waals surface area (Å²) >= 11 is 0. The average molecular weight is 313 g/mol. The number of carbonyl (C=O) groups excluding carboxylic acids is 1. The highest BCUT2D eigenvalue weighted by Crippen LogP contribution is 2.27. The van der Waals surface area contributed by atoms with Crippen molar-refractivity contribution in [1.29, 1.82) is 0 Å². The molecule has 6 nitrogen and oxygen atoms in total. The molecule has 23 heavy (non-hydrogen) atoms. The predicted molar refractivity (Wildman–Crippen MR) is 90.4 cm³/mol. The molecule has 2 aromatic rings. The second kappa shape index (κ2) is 8.43. The highest BCUT2D eigenvalue weighted by Gasteiger charge is 2.04. The van der Waals surface area contributed by atoms with E-state index in [1.807, 2.05) is 31.2 Å². The lowest BCUT2D eigenvalue weighted by Gasteiger charge is -2.09. The quantitative estimate of drug-likeness (QED) is 0.635. The van der Waals surface area contributed by atoms with E-state index in [-0.39, 0.29) is 0 Å². The Labute approximate surface area is 135 Å². The molecule has 0 aromatic heterocycles. The molecule has 0 atom stereocenters. The van der Waals surface area contributed by atoms with Crippen LogP contribution in [0.15, 0.2) is 53.6 Å².